The van der Waals surface area contributed by atoms with Gasteiger partial charge in [0.2, 0.25) is 11.7 Å². The highest BCUT2D eigenvalue weighted by Crippen LogP contribution is 2.48. The van der Waals surface area contributed by atoms with Crippen LogP contribution in [0.1, 0.15) is 83.2 Å². The van der Waals surface area contributed by atoms with Crippen molar-refractivity contribution in [3.05, 3.63) is 98.2 Å². The minimum atomic E-state index is -1.24. The number of piperidine rings is 1. The van der Waals surface area contributed by atoms with E-state index in [4.69, 9.17) is 9.47 Å². The fourth-order valence-electron chi connectivity index (χ4n) is 8.38. The van der Waals surface area contributed by atoms with Gasteiger partial charge in [-0.05, 0) is 75.3 Å². The molecule has 0 bridgehead atoms. The van der Waals surface area contributed by atoms with Crippen molar-refractivity contribution in [2.45, 2.75) is 70.2 Å². The maximum Gasteiger partial charge on any atom is 0.282 e. The van der Waals surface area contributed by atoms with Crippen molar-refractivity contribution in [3.63, 3.8) is 0 Å². The molecule has 1 aliphatic carbocycles. The van der Waals surface area contributed by atoms with E-state index in [0.717, 1.165) is 35.1 Å². The van der Waals surface area contributed by atoms with Crippen LogP contribution in [0.15, 0.2) is 41.5 Å². The summed E-state index contributed by atoms with van der Waals surface area (Å²) in [5.41, 5.74) is -0.597. The van der Waals surface area contributed by atoms with Crippen LogP contribution in [-0.4, -0.2) is 95.2 Å². The summed E-state index contributed by atoms with van der Waals surface area (Å²) >= 11 is 0. The highest BCUT2D eigenvalue weighted by molar-refractivity contribution is 5.95. The number of aromatic nitrogens is 6. The number of ether oxygens (including phenoxy) is 2. The van der Waals surface area contributed by atoms with Crippen LogP contribution < -0.4 is 10.9 Å². The van der Waals surface area contributed by atoms with Gasteiger partial charge in [0, 0.05) is 38.3 Å². The average Bonchev–Trinajstić information content (AvgIpc) is 3.90. The van der Waals surface area contributed by atoms with Gasteiger partial charge in [-0.25, -0.2) is 23.1 Å². The fraction of sp³-hybridized carbons (Fsp3) is 0.425. The van der Waals surface area contributed by atoms with Gasteiger partial charge in [-0.15, -0.1) is 5.10 Å². The Labute approximate surface area is 329 Å². The lowest BCUT2D eigenvalue weighted by Gasteiger charge is -2.39. The zero-order valence-corrected chi connectivity index (χ0v) is 31.8. The van der Waals surface area contributed by atoms with Crippen molar-refractivity contribution < 1.29 is 37.3 Å². The van der Waals surface area contributed by atoms with Crippen molar-refractivity contribution in [1.82, 2.24) is 38.9 Å². The van der Waals surface area contributed by atoms with E-state index in [1.54, 1.807) is 19.9 Å². The molecule has 3 fully saturated rings. The summed E-state index contributed by atoms with van der Waals surface area (Å²) in [5.74, 6) is -3.66. The van der Waals surface area contributed by atoms with Gasteiger partial charge in [0.05, 0.1) is 47.5 Å². The Bertz CT molecular complexity index is 2540. The van der Waals surface area contributed by atoms with Crippen LogP contribution in [0.25, 0.3) is 17.2 Å². The molecule has 4 aliphatic rings. The molecule has 3 aromatic heterocycles. The molecule has 9 rings (SSSR count). The largest absolute Gasteiger partial charge is 0.504 e. The highest BCUT2D eigenvalue weighted by Gasteiger charge is 2.51. The van der Waals surface area contributed by atoms with Crippen LogP contribution >= 0.6 is 0 Å². The van der Waals surface area contributed by atoms with E-state index in [1.165, 1.54) is 27.9 Å². The summed E-state index contributed by atoms with van der Waals surface area (Å²) in [6.45, 7) is 5.33. The Hall–Kier alpha value is -5.72. The van der Waals surface area contributed by atoms with Crippen LogP contribution in [0.2, 0.25) is 0 Å². The monoisotopic (exact) mass is 799 g/mol. The second kappa shape index (κ2) is 14.6. The molecule has 5 aromatic rings. The average molecular weight is 800 g/mol. The zero-order chi connectivity index (χ0) is 40.5. The number of hydrogen-bond donors (Lipinski definition) is 2. The number of anilines is 1. The number of rotatable bonds is 8. The third-order valence-corrected chi connectivity index (χ3v) is 11.6. The van der Waals surface area contributed by atoms with E-state index in [1.807, 2.05) is 4.90 Å². The molecule has 1 spiro atoms. The van der Waals surface area contributed by atoms with Crippen molar-refractivity contribution >= 4 is 23.3 Å². The number of carbonyl (C=O) groups is 2. The Morgan fingerprint density at radius 2 is 1.76 bits per heavy atom. The van der Waals surface area contributed by atoms with Crippen LogP contribution in [-0.2, 0) is 33.0 Å². The second-order valence-electron chi connectivity index (χ2n) is 15.4. The Morgan fingerprint density at radius 1 is 1.00 bits per heavy atom. The van der Waals surface area contributed by atoms with Gasteiger partial charge in [0.1, 0.15) is 35.9 Å². The number of benzene rings is 2. The molecule has 3 aliphatic heterocycles. The van der Waals surface area contributed by atoms with E-state index < -0.39 is 53.1 Å². The summed E-state index contributed by atoms with van der Waals surface area (Å²) in [6, 6.07) is 6.80. The maximum absolute atomic E-state index is 15.9. The lowest BCUT2D eigenvalue weighted by molar-refractivity contribution is -0.116. The summed E-state index contributed by atoms with van der Waals surface area (Å²) in [7, 11) is 0. The first-order valence-corrected chi connectivity index (χ1v) is 19.3. The number of aromatic hydroxyl groups is 1. The predicted molar refractivity (Wildman–Crippen MR) is 200 cm³/mol. The third-order valence-electron chi connectivity index (χ3n) is 11.6. The van der Waals surface area contributed by atoms with Crippen molar-refractivity contribution in [3.8, 4) is 17.1 Å². The smallest absolute Gasteiger partial charge is 0.282 e. The number of hydrogen-bond acceptors (Lipinski definition) is 11. The molecular formula is C40H40F3N9O6. The summed E-state index contributed by atoms with van der Waals surface area (Å²) in [6.07, 6.45) is 2.68. The lowest BCUT2D eigenvalue weighted by atomic mass is 9.85. The number of nitrogens with zero attached hydrogens (tertiary/aromatic N) is 8. The van der Waals surface area contributed by atoms with Crippen molar-refractivity contribution in [2.75, 3.05) is 44.7 Å². The van der Waals surface area contributed by atoms with Crippen LogP contribution in [0.3, 0.4) is 0 Å². The Kier molecular flexibility index (Phi) is 9.51. The first kappa shape index (κ1) is 37.8. The zero-order valence-electron chi connectivity index (χ0n) is 31.8. The molecule has 1 unspecified atom stereocenters. The normalized spacial score (nSPS) is 19.2. The molecule has 6 heterocycles. The molecule has 2 aromatic carbocycles. The molecule has 1 atom stereocenters. The van der Waals surface area contributed by atoms with E-state index in [9.17, 15) is 19.5 Å². The molecular weight excluding hydrogens is 759 g/mol. The van der Waals surface area contributed by atoms with Crippen LogP contribution in [0.4, 0.5) is 18.9 Å². The number of morpholine rings is 1. The molecule has 58 heavy (non-hydrogen) atoms. The summed E-state index contributed by atoms with van der Waals surface area (Å²) in [5, 5.41) is 17.5. The number of halogens is 3. The van der Waals surface area contributed by atoms with Crippen molar-refractivity contribution in [1.29, 1.82) is 0 Å². The van der Waals surface area contributed by atoms with Gasteiger partial charge in [-0.2, -0.15) is 9.50 Å². The van der Waals surface area contributed by atoms with E-state index in [-0.39, 0.29) is 83.6 Å². The number of carbonyl (C=O) groups excluding carboxylic acids is 2. The van der Waals surface area contributed by atoms with Crippen LogP contribution in [0.5, 0.6) is 5.75 Å². The Balaban J connectivity index is 1.09. The molecule has 2 amide bonds. The fourth-order valence-corrected chi connectivity index (χ4v) is 8.38. The van der Waals surface area contributed by atoms with Gasteiger partial charge >= 0.3 is 0 Å². The van der Waals surface area contributed by atoms with E-state index in [2.05, 4.69) is 25.4 Å². The molecule has 2 saturated heterocycles. The van der Waals surface area contributed by atoms with E-state index in [0.29, 0.717) is 37.9 Å². The molecule has 1 saturated carbocycles. The lowest BCUT2D eigenvalue weighted by Crippen LogP contribution is -2.47. The number of aryl methyl sites for hydroxylation is 1. The predicted octanol–water partition coefficient (Wildman–Crippen LogP) is 4.35. The summed E-state index contributed by atoms with van der Waals surface area (Å²) < 4.78 is 61.0. The van der Waals surface area contributed by atoms with Gasteiger partial charge < -0.3 is 29.4 Å². The van der Waals surface area contributed by atoms with Gasteiger partial charge in [-0.1, -0.05) is 6.07 Å². The molecule has 302 valence electrons. The molecule has 15 nitrogen and oxygen atoms in total. The first-order chi connectivity index (χ1) is 27.9. The summed E-state index contributed by atoms with van der Waals surface area (Å²) in [4.78, 5) is 57.7. The SMILES string of the molecule is Cc1ncnc(C(=O)N2CCC3(CC2)OC(C)c2c3c(=O)n3nc(-c4cc(F)c(CN5CCOCC5)cc4F)nc3n2CC(=O)Nc2ccc(C3CC3)cc2F)c1O. The number of fused-ring (bicyclic) bond motifs is 3. The van der Waals surface area contributed by atoms with Gasteiger partial charge in [0.25, 0.3) is 11.5 Å². The quantitative estimate of drug-likeness (QED) is 0.229. The molecule has 18 heteroatoms. The highest BCUT2D eigenvalue weighted by atomic mass is 19.1. The minimum absolute atomic E-state index is 0.0253. The second-order valence-corrected chi connectivity index (χ2v) is 15.4. The number of amides is 2. The minimum Gasteiger partial charge on any atom is -0.504 e. The third kappa shape index (κ3) is 6.67. The topological polar surface area (TPSA) is 169 Å². The number of likely N-dealkylation sites (tertiary alicyclic amines) is 1. The van der Waals surface area contributed by atoms with Crippen molar-refractivity contribution in [2.24, 2.45) is 0 Å². The molecule has 0 radical (unpaired) electrons. The Morgan fingerprint density at radius 3 is 2.48 bits per heavy atom. The van der Waals surface area contributed by atoms with Crippen LogP contribution in [0, 0.1) is 24.4 Å². The standard InChI is InChI=1S/C40H40F3N9O6/c1-21-35(54)33(45-20-44-21)38(56)50-9-7-40(8-10-50)32-34(22(2)58-40)51(19-31(53)46-30-6-5-24(15-29(30)43)23-3-4-23)39-47-36(48-52(39)37(32)55)26-17-27(41)25(16-28(26)42)18-49-11-13-57-14-12-49/h5-6,15-17,20,22-23,54H,3-4,7-14,18-19H2,1-2H3,(H,46,53). The first-order valence-electron chi connectivity index (χ1n) is 19.3. The molecule has 2 N–H and O–H groups in total. The maximum atomic E-state index is 15.9. The van der Waals surface area contributed by atoms with E-state index >= 15 is 13.2 Å². The van der Waals surface area contributed by atoms with Gasteiger partial charge in [0.15, 0.2) is 17.3 Å². The number of nitrogens with one attached hydrogen (secondary N) is 1. The van der Waals surface area contributed by atoms with Gasteiger partial charge in [-0.3, -0.25) is 19.3 Å².